The average molecular weight is 329 g/mol. The largest absolute Gasteiger partial charge is 0.573 e. The summed E-state index contributed by atoms with van der Waals surface area (Å²) >= 11 is 0. The molecule has 2 fully saturated rings. The summed E-state index contributed by atoms with van der Waals surface area (Å²) in [6.07, 6.45) is -0.188. The number of alkyl halides is 3. The van der Waals surface area contributed by atoms with E-state index in [1.165, 1.54) is 18.2 Å². The van der Waals surface area contributed by atoms with Crippen LogP contribution in [0.4, 0.5) is 18.0 Å². The zero-order valence-electron chi connectivity index (χ0n) is 12.6. The van der Waals surface area contributed by atoms with Crippen molar-refractivity contribution in [1.82, 2.24) is 4.90 Å². The van der Waals surface area contributed by atoms with Crippen LogP contribution in [-0.4, -0.2) is 29.5 Å². The highest BCUT2D eigenvalue weighted by molar-refractivity contribution is 5.70. The third kappa shape index (κ3) is 3.89. The lowest BCUT2D eigenvalue weighted by atomic mass is 9.85. The molecule has 1 aromatic carbocycles. The fourth-order valence-electron chi connectivity index (χ4n) is 3.33. The van der Waals surface area contributed by atoms with E-state index in [-0.39, 0.29) is 12.3 Å². The first kappa shape index (κ1) is 16.0. The maximum atomic E-state index is 12.3. The molecule has 0 bridgehead atoms. The molecule has 0 atom stereocenters. The van der Waals surface area contributed by atoms with Gasteiger partial charge in [0.05, 0.1) is 6.54 Å². The van der Waals surface area contributed by atoms with Crippen molar-refractivity contribution in [2.24, 2.45) is 0 Å². The van der Waals surface area contributed by atoms with Crippen LogP contribution in [0.3, 0.4) is 0 Å². The monoisotopic (exact) mass is 329 g/mol. The molecule has 1 amide bonds. The Balaban J connectivity index is 1.67. The molecule has 0 aromatic heterocycles. The van der Waals surface area contributed by atoms with Gasteiger partial charge in [0.25, 0.3) is 0 Å². The quantitative estimate of drug-likeness (QED) is 0.832. The Morgan fingerprint density at radius 1 is 1.22 bits per heavy atom. The molecule has 0 unspecified atom stereocenters. The number of carbonyl (C=O) groups excluding carboxylic acids is 1. The van der Waals surface area contributed by atoms with Crippen LogP contribution in [0.1, 0.15) is 37.7 Å². The van der Waals surface area contributed by atoms with E-state index in [0.717, 1.165) is 32.1 Å². The lowest BCUT2D eigenvalue weighted by Crippen LogP contribution is -2.36. The summed E-state index contributed by atoms with van der Waals surface area (Å²) in [4.78, 5) is 13.6. The van der Waals surface area contributed by atoms with Crippen molar-refractivity contribution >= 4 is 6.09 Å². The minimum absolute atomic E-state index is 0.218. The molecule has 1 aliphatic carbocycles. The summed E-state index contributed by atoms with van der Waals surface area (Å²) in [5.74, 6) is -0.282. The maximum absolute atomic E-state index is 12.3. The molecule has 1 heterocycles. The van der Waals surface area contributed by atoms with Crippen molar-refractivity contribution in [3.8, 4) is 5.75 Å². The van der Waals surface area contributed by atoms with Crippen LogP contribution in [0.5, 0.6) is 5.75 Å². The molecule has 3 rings (SSSR count). The van der Waals surface area contributed by atoms with Gasteiger partial charge in [-0.1, -0.05) is 18.6 Å². The van der Waals surface area contributed by atoms with E-state index in [0.29, 0.717) is 12.1 Å². The molecule has 1 saturated carbocycles. The summed E-state index contributed by atoms with van der Waals surface area (Å²) in [7, 11) is 0. The van der Waals surface area contributed by atoms with Crippen LogP contribution in [0, 0.1) is 0 Å². The Kier molecular flexibility index (Phi) is 4.12. The first-order valence-corrected chi connectivity index (χ1v) is 7.68. The van der Waals surface area contributed by atoms with Gasteiger partial charge in [-0.15, -0.1) is 13.2 Å². The zero-order chi connectivity index (χ0) is 16.5. The van der Waals surface area contributed by atoms with E-state index in [4.69, 9.17) is 4.74 Å². The molecule has 4 nitrogen and oxygen atoms in total. The Labute approximate surface area is 132 Å². The first-order chi connectivity index (χ1) is 10.9. The normalized spacial score (nSPS) is 20.7. The SMILES string of the molecule is O=C1OC2(CCCCC2)CN1Cc1cccc(OC(F)(F)F)c1. The van der Waals surface area contributed by atoms with Gasteiger partial charge >= 0.3 is 12.5 Å². The van der Waals surface area contributed by atoms with E-state index in [2.05, 4.69) is 4.74 Å². The topological polar surface area (TPSA) is 38.8 Å². The summed E-state index contributed by atoms with van der Waals surface area (Å²) in [5, 5.41) is 0. The van der Waals surface area contributed by atoms with Crippen molar-refractivity contribution in [1.29, 1.82) is 0 Å². The van der Waals surface area contributed by atoms with Crippen LogP contribution in [-0.2, 0) is 11.3 Å². The highest BCUT2D eigenvalue weighted by Crippen LogP contribution is 2.37. The molecule has 0 radical (unpaired) electrons. The lowest BCUT2D eigenvalue weighted by Gasteiger charge is -2.30. The number of rotatable bonds is 3. The number of ether oxygens (including phenoxy) is 2. The van der Waals surface area contributed by atoms with Gasteiger partial charge in [-0.3, -0.25) is 4.90 Å². The summed E-state index contributed by atoms with van der Waals surface area (Å²) in [6, 6.07) is 5.69. The molecule has 23 heavy (non-hydrogen) atoms. The molecule has 7 heteroatoms. The molecular weight excluding hydrogens is 311 g/mol. The summed E-state index contributed by atoms with van der Waals surface area (Å²) in [6.45, 7) is 0.714. The molecule has 126 valence electrons. The number of nitrogens with zero attached hydrogens (tertiary/aromatic N) is 1. The summed E-state index contributed by atoms with van der Waals surface area (Å²) < 4.78 is 46.3. The lowest BCUT2D eigenvalue weighted by molar-refractivity contribution is -0.274. The molecule has 1 saturated heterocycles. The average Bonchev–Trinajstić information content (AvgIpc) is 2.73. The molecule has 2 aliphatic rings. The number of hydrogen-bond donors (Lipinski definition) is 0. The number of halogens is 3. The fourth-order valence-corrected chi connectivity index (χ4v) is 3.33. The Morgan fingerprint density at radius 2 is 1.96 bits per heavy atom. The number of carbonyl (C=O) groups is 1. The van der Waals surface area contributed by atoms with E-state index in [1.54, 1.807) is 11.0 Å². The predicted molar refractivity (Wildman–Crippen MR) is 75.8 cm³/mol. The van der Waals surface area contributed by atoms with Crippen LogP contribution in [0.15, 0.2) is 24.3 Å². The highest BCUT2D eigenvalue weighted by atomic mass is 19.4. The van der Waals surface area contributed by atoms with Gasteiger partial charge in [0, 0.05) is 6.54 Å². The maximum Gasteiger partial charge on any atom is 0.573 e. The minimum atomic E-state index is -4.72. The third-order valence-corrected chi connectivity index (χ3v) is 4.31. The second-order valence-electron chi connectivity index (χ2n) is 6.16. The number of benzene rings is 1. The zero-order valence-corrected chi connectivity index (χ0v) is 12.6. The minimum Gasteiger partial charge on any atom is -0.441 e. The van der Waals surface area contributed by atoms with E-state index < -0.39 is 18.1 Å². The van der Waals surface area contributed by atoms with E-state index >= 15 is 0 Å². The second kappa shape index (κ2) is 5.94. The van der Waals surface area contributed by atoms with Crippen molar-refractivity contribution in [3.05, 3.63) is 29.8 Å². The van der Waals surface area contributed by atoms with Crippen molar-refractivity contribution < 1.29 is 27.4 Å². The number of hydrogen-bond acceptors (Lipinski definition) is 3. The fraction of sp³-hybridized carbons (Fsp3) is 0.562. The molecule has 1 aliphatic heterocycles. The molecule has 1 aromatic rings. The van der Waals surface area contributed by atoms with Crippen molar-refractivity contribution in [2.45, 2.75) is 50.6 Å². The van der Waals surface area contributed by atoms with Crippen molar-refractivity contribution in [3.63, 3.8) is 0 Å². The van der Waals surface area contributed by atoms with Crippen LogP contribution in [0.2, 0.25) is 0 Å². The van der Waals surface area contributed by atoms with Crippen LogP contribution < -0.4 is 4.74 Å². The Bertz CT molecular complexity index is 582. The van der Waals surface area contributed by atoms with Gasteiger partial charge in [0.2, 0.25) is 0 Å². The second-order valence-corrected chi connectivity index (χ2v) is 6.16. The van der Waals surface area contributed by atoms with Gasteiger partial charge in [0.15, 0.2) is 0 Å². The predicted octanol–water partition coefficient (Wildman–Crippen LogP) is 4.24. The van der Waals surface area contributed by atoms with Gasteiger partial charge in [-0.25, -0.2) is 4.79 Å². The first-order valence-electron chi connectivity index (χ1n) is 7.68. The van der Waals surface area contributed by atoms with Gasteiger partial charge in [0.1, 0.15) is 11.4 Å². The Hall–Kier alpha value is -1.92. The van der Waals surface area contributed by atoms with E-state index in [1.807, 2.05) is 0 Å². The number of amides is 1. The summed E-state index contributed by atoms with van der Waals surface area (Å²) in [5.41, 5.74) is 0.173. The third-order valence-electron chi connectivity index (χ3n) is 4.31. The van der Waals surface area contributed by atoms with Gasteiger partial charge in [-0.05, 0) is 43.4 Å². The molecule has 1 spiro atoms. The Morgan fingerprint density at radius 3 is 2.65 bits per heavy atom. The van der Waals surface area contributed by atoms with Crippen molar-refractivity contribution in [2.75, 3.05) is 6.54 Å². The molecular formula is C16H18F3NO3. The van der Waals surface area contributed by atoms with Crippen LogP contribution in [0.25, 0.3) is 0 Å². The molecule has 0 N–H and O–H groups in total. The van der Waals surface area contributed by atoms with Gasteiger partial charge < -0.3 is 9.47 Å². The van der Waals surface area contributed by atoms with Gasteiger partial charge in [-0.2, -0.15) is 0 Å². The highest BCUT2D eigenvalue weighted by Gasteiger charge is 2.45. The van der Waals surface area contributed by atoms with Crippen LogP contribution >= 0.6 is 0 Å². The van der Waals surface area contributed by atoms with E-state index in [9.17, 15) is 18.0 Å². The standard InChI is InChI=1S/C16H18F3NO3/c17-16(18,19)22-13-6-4-5-12(9-13)10-20-11-15(23-14(20)21)7-2-1-3-8-15/h4-6,9H,1-3,7-8,10-11H2. The smallest absolute Gasteiger partial charge is 0.441 e.